The number of quaternary nitrogens is 1. The van der Waals surface area contributed by atoms with Crippen LogP contribution in [0.25, 0.3) is 0 Å². The number of hydrogen-bond donors (Lipinski definition) is 2. The minimum Gasteiger partial charge on any atom is -0.501 e. The first-order valence-electron chi connectivity index (χ1n) is 12.6. The summed E-state index contributed by atoms with van der Waals surface area (Å²) in [6.07, 6.45) is 9.99. The minimum atomic E-state index is -0.909. The third-order valence-electron chi connectivity index (χ3n) is 5.33. The summed E-state index contributed by atoms with van der Waals surface area (Å²) < 4.78 is 31.9. The molecule has 0 saturated carbocycles. The second kappa shape index (κ2) is 20.8. The quantitative estimate of drug-likeness (QED) is 0.0690. The molecule has 0 fully saturated rings. The molecular formula is C26H46NO8S+. The fraction of sp³-hybridized carbons (Fsp3) is 0.692. The van der Waals surface area contributed by atoms with Crippen LogP contribution in [0.5, 0.6) is 0 Å². The normalized spacial score (nSPS) is 16.2. The lowest BCUT2D eigenvalue weighted by atomic mass is 10.2. The Balaban J connectivity index is 1.87. The van der Waals surface area contributed by atoms with Crippen LogP contribution in [0.4, 0.5) is 0 Å². The number of hydrogen-bond acceptors (Lipinski definition) is 9. The van der Waals surface area contributed by atoms with Gasteiger partial charge in [0.2, 0.25) is 0 Å². The van der Waals surface area contributed by atoms with E-state index in [1.165, 1.54) is 5.57 Å². The SMILES string of the molecule is CC/C(C)=C(/CCOCCOCCOCCOCCOCCO[N+](O)(S)C1=CC=C(C)C=CC1)OC. The first kappa shape index (κ1) is 32.8. The summed E-state index contributed by atoms with van der Waals surface area (Å²) in [5.41, 5.74) is 2.98. The molecule has 1 N–H and O–H groups in total. The van der Waals surface area contributed by atoms with Crippen LogP contribution in [0.3, 0.4) is 0 Å². The smallest absolute Gasteiger partial charge is 0.193 e. The van der Waals surface area contributed by atoms with Crippen LogP contribution in [-0.2, 0) is 33.3 Å². The van der Waals surface area contributed by atoms with Gasteiger partial charge in [-0.15, -0.1) is 4.84 Å². The van der Waals surface area contributed by atoms with Gasteiger partial charge in [-0.05, 0) is 25.8 Å². The molecule has 1 aliphatic rings. The van der Waals surface area contributed by atoms with Gasteiger partial charge in [-0.1, -0.05) is 30.7 Å². The maximum atomic E-state index is 10.4. The zero-order valence-corrected chi connectivity index (χ0v) is 23.3. The first-order chi connectivity index (χ1) is 17.4. The highest BCUT2D eigenvalue weighted by Crippen LogP contribution is 2.24. The fourth-order valence-corrected chi connectivity index (χ4v) is 3.30. The van der Waals surface area contributed by atoms with E-state index < -0.39 is 4.21 Å². The molecule has 0 radical (unpaired) electrons. The van der Waals surface area contributed by atoms with Gasteiger partial charge in [0, 0.05) is 23.1 Å². The van der Waals surface area contributed by atoms with Gasteiger partial charge >= 0.3 is 0 Å². The Bertz CT molecular complexity index is 706. The van der Waals surface area contributed by atoms with Crippen LogP contribution in [0.1, 0.15) is 40.0 Å². The molecule has 0 aliphatic heterocycles. The van der Waals surface area contributed by atoms with E-state index >= 15 is 0 Å². The number of allylic oxidation sites excluding steroid dienone is 6. The van der Waals surface area contributed by atoms with Crippen LogP contribution in [-0.4, -0.2) is 89.2 Å². The van der Waals surface area contributed by atoms with Crippen molar-refractivity contribution in [3.8, 4) is 0 Å². The molecule has 0 spiro atoms. The number of ether oxygens (including phenoxy) is 6. The Labute approximate surface area is 222 Å². The first-order valence-corrected chi connectivity index (χ1v) is 13.0. The summed E-state index contributed by atoms with van der Waals surface area (Å²) in [4.78, 5) is 5.42. The largest absolute Gasteiger partial charge is 0.501 e. The van der Waals surface area contributed by atoms with Gasteiger partial charge in [-0.25, -0.2) is 0 Å². The van der Waals surface area contributed by atoms with Crippen LogP contribution < -0.4 is 0 Å². The second-order valence-electron chi connectivity index (χ2n) is 8.13. The van der Waals surface area contributed by atoms with Gasteiger partial charge in [0.05, 0.1) is 78.9 Å². The van der Waals surface area contributed by atoms with Gasteiger partial charge < -0.3 is 28.4 Å². The standard InChI is InChI=1S/C26H46NO8S/c1-5-24(3)26(29-4)11-12-30-13-14-31-15-16-32-17-18-33-19-20-34-21-22-35-27(28,36)25-8-6-7-23(2)9-10-25/h6-7,9-10,28,36H,5,8,11-22H2,1-4H3/q+1/b26-24-. The van der Waals surface area contributed by atoms with E-state index in [0.29, 0.717) is 78.2 Å². The number of rotatable bonds is 22. The van der Waals surface area contributed by atoms with Crippen LogP contribution >= 0.6 is 12.8 Å². The van der Waals surface area contributed by atoms with E-state index in [9.17, 15) is 5.21 Å². The zero-order valence-electron chi connectivity index (χ0n) is 22.4. The topological polar surface area (TPSA) is 84.8 Å². The van der Waals surface area contributed by atoms with E-state index in [1.54, 1.807) is 7.11 Å². The maximum Gasteiger partial charge on any atom is 0.193 e. The fourth-order valence-electron chi connectivity index (χ4n) is 3.07. The van der Waals surface area contributed by atoms with E-state index in [2.05, 4.69) is 26.7 Å². The molecule has 1 atom stereocenters. The molecule has 0 aromatic carbocycles. The van der Waals surface area contributed by atoms with E-state index in [-0.39, 0.29) is 6.61 Å². The molecule has 0 heterocycles. The summed E-state index contributed by atoms with van der Waals surface area (Å²) in [6, 6.07) is 0. The van der Waals surface area contributed by atoms with E-state index in [0.717, 1.165) is 24.2 Å². The van der Waals surface area contributed by atoms with E-state index in [4.69, 9.17) is 33.3 Å². The molecule has 208 valence electrons. The number of nitrogens with zero attached hydrogens (tertiary/aromatic N) is 1. The molecule has 1 unspecified atom stereocenters. The maximum absolute atomic E-state index is 10.4. The van der Waals surface area contributed by atoms with Crippen molar-refractivity contribution in [1.29, 1.82) is 0 Å². The molecule has 0 aromatic rings. The molecule has 0 amide bonds. The van der Waals surface area contributed by atoms with Gasteiger partial charge in [0.1, 0.15) is 19.4 Å². The van der Waals surface area contributed by atoms with Gasteiger partial charge in [-0.2, -0.15) is 5.21 Å². The van der Waals surface area contributed by atoms with Crippen molar-refractivity contribution in [3.05, 3.63) is 46.9 Å². The van der Waals surface area contributed by atoms with Crippen molar-refractivity contribution in [2.75, 3.05) is 79.8 Å². The summed E-state index contributed by atoms with van der Waals surface area (Å²) in [7, 11) is 1.70. The average Bonchev–Trinajstić information content (AvgIpc) is 3.10. The highest BCUT2D eigenvalue weighted by atomic mass is 32.1. The van der Waals surface area contributed by atoms with Gasteiger partial charge in [0.15, 0.2) is 5.70 Å². The third-order valence-corrected chi connectivity index (χ3v) is 5.71. The predicted molar refractivity (Wildman–Crippen MR) is 141 cm³/mol. The lowest BCUT2D eigenvalue weighted by Crippen LogP contribution is -2.34. The monoisotopic (exact) mass is 532 g/mol. The summed E-state index contributed by atoms with van der Waals surface area (Å²) >= 11 is 4.18. The van der Waals surface area contributed by atoms with Crippen molar-refractivity contribution in [1.82, 2.24) is 0 Å². The van der Waals surface area contributed by atoms with Crippen molar-refractivity contribution in [3.63, 3.8) is 0 Å². The van der Waals surface area contributed by atoms with Crippen molar-refractivity contribution >= 4 is 12.8 Å². The molecule has 9 nitrogen and oxygen atoms in total. The van der Waals surface area contributed by atoms with E-state index in [1.807, 2.05) is 31.2 Å². The van der Waals surface area contributed by atoms with Crippen molar-refractivity contribution < 1.29 is 42.7 Å². The highest BCUT2D eigenvalue weighted by Gasteiger charge is 2.29. The number of hydroxylamine groups is 2. The van der Waals surface area contributed by atoms with Gasteiger partial charge in [0.25, 0.3) is 0 Å². The predicted octanol–water partition coefficient (Wildman–Crippen LogP) is 4.56. The van der Waals surface area contributed by atoms with Crippen molar-refractivity contribution in [2.45, 2.75) is 40.0 Å². The zero-order chi connectivity index (χ0) is 26.5. The Morgan fingerprint density at radius 1 is 0.861 bits per heavy atom. The second-order valence-corrected chi connectivity index (χ2v) is 8.67. The highest BCUT2D eigenvalue weighted by molar-refractivity contribution is 7.74. The molecule has 0 aromatic heterocycles. The Hall–Kier alpha value is -1.21. The van der Waals surface area contributed by atoms with Crippen LogP contribution in [0, 0.1) is 0 Å². The summed E-state index contributed by atoms with van der Waals surface area (Å²) in [6.45, 7) is 11.3. The third kappa shape index (κ3) is 15.8. The minimum absolute atomic E-state index is 0.196. The molecule has 1 aliphatic carbocycles. The Kier molecular flexibility index (Phi) is 19.0. The summed E-state index contributed by atoms with van der Waals surface area (Å²) in [5.74, 6) is 1.00. The van der Waals surface area contributed by atoms with Crippen molar-refractivity contribution in [2.24, 2.45) is 0 Å². The number of methoxy groups -OCH3 is 1. The van der Waals surface area contributed by atoms with Crippen LogP contribution in [0.15, 0.2) is 46.9 Å². The molecule has 10 heteroatoms. The number of thiol groups is 1. The van der Waals surface area contributed by atoms with Crippen LogP contribution in [0.2, 0.25) is 0 Å². The molecular weight excluding hydrogens is 486 g/mol. The lowest BCUT2D eigenvalue weighted by molar-refractivity contribution is -1.12. The molecule has 36 heavy (non-hydrogen) atoms. The molecule has 0 saturated heterocycles. The lowest BCUT2D eigenvalue weighted by Gasteiger charge is -2.21. The Morgan fingerprint density at radius 2 is 1.36 bits per heavy atom. The average molecular weight is 533 g/mol. The molecule has 1 rings (SSSR count). The van der Waals surface area contributed by atoms with Gasteiger partial charge in [-0.3, -0.25) is 0 Å². The Morgan fingerprint density at radius 3 is 1.86 bits per heavy atom. The summed E-state index contributed by atoms with van der Waals surface area (Å²) in [5, 5.41) is 10.4. The molecule has 0 bridgehead atoms.